The first-order chi connectivity index (χ1) is 19.9. The summed E-state index contributed by atoms with van der Waals surface area (Å²) in [7, 11) is 0. The van der Waals surface area contributed by atoms with E-state index in [1.807, 2.05) is 32.9 Å². The molecule has 2 N–H and O–H groups in total. The maximum absolute atomic E-state index is 14.1. The van der Waals surface area contributed by atoms with E-state index in [-0.39, 0.29) is 41.7 Å². The summed E-state index contributed by atoms with van der Waals surface area (Å²) in [4.78, 5) is 34.6. The van der Waals surface area contributed by atoms with Gasteiger partial charge in [0, 0.05) is 17.1 Å². The monoisotopic (exact) mass is 521 g/mol. The van der Waals surface area contributed by atoms with Crippen LogP contribution in [0.2, 0.25) is 5.02 Å². The molecule has 3 aromatic carbocycles. The molecule has 0 unspecified atom stereocenters. The number of nitrogens with two attached hydrogens (primary N) is 1. The van der Waals surface area contributed by atoms with Gasteiger partial charge in [0.25, 0.3) is 11.5 Å². The van der Waals surface area contributed by atoms with Crippen molar-refractivity contribution in [2.45, 2.75) is 39.8 Å². The van der Waals surface area contributed by atoms with Gasteiger partial charge in [-0.15, -0.1) is 0 Å². The second kappa shape index (κ2) is 11.7. The van der Waals surface area contributed by atoms with E-state index in [9.17, 15) is 9.59 Å². The third-order valence-corrected chi connectivity index (χ3v) is 6.44. The molecule has 7 heteroatoms. The molecule has 6 nitrogen and oxygen atoms in total. The SMILES string of the molecule is [2H]c1c([2H])c([2H])c(Cn2c([C@@H](C(C)C)N(CCCN)C(=O)c3ccc(C)cc3)nc3cc(Cl)ccc3c2=O)c([2H])c1[2H]. The number of halogens is 1. The Labute approximate surface area is 229 Å². The van der Waals surface area contributed by atoms with Gasteiger partial charge in [-0.1, -0.05) is 73.4 Å². The van der Waals surface area contributed by atoms with Crippen LogP contribution < -0.4 is 11.3 Å². The average molecular weight is 522 g/mol. The molecule has 192 valence electrons. The molecular formula is C30H33ClN4O2. The molecule has 1 amide bonds. The van der Waals surface area contributed by atoms with Crippen LogP contribution in [0.4, 0.5) is 0 Å². The predicted molar refractivity (Wildman–Crippen MR) is 150 cm³/mol. The Bertz CT molecular complexity index is 1680. The van der Waals surface area contributed by atoms with Gasteiger partial charge in [-0.05, 0) is 61.7 Å². The largest absolute Gasteiger partial charge is 0.330 e. The van der Waals surface area contributed by atoms with Gasteiger partial charge in [-0.25, -0.2) is 4.98 Å². The summed E-state index contributed by atoms with van der Waals surface area (Å²) in [6.45, 7) is 6.02. The smallest absolute Gasteiger partial charge is 0.261 e. The van der Waals surface area contributed by atoms with Crippen molar-refractivity contribution in [2.75, 3.05) is 13.1 Å². The first-order valence-electron chi connectivity index (χ1n) is 14.7. The number of amides is 1. The van der Waals surface area contributed by atoms with Crippen LogP contribution in [0.1, 0.15) is 60.5 Å². The van der Waals surface area contributed by atoms with Crippen LogP contribution in [0.25, 0.3) is 10.9 Å². The Hall–Kier alpha value is -3.48. The normalized spacial score (nSPS) is 14.1. The Morgan fingerprint density at radius 2 is 1.84 bits per heavy atom. The topological polar surface area (TPSA) is 81.2 Å². The molecule has 1 aromatic heterocycles. The quantitative estimate of drug-likeness (QED) is 0.311. The summed E-state index contributed by atoms with van der Waals surface area (Å²) in [6.07, 6.45) is 0.494. The third kappa shape index (κ3) is 5.92. The summed E-state index contributed by atoms with van der Waals surface area (Å²) in [5.74, 6) is -0.294. The minimum Gasteiger partial charge on any atom is -0.330 e. The molecule has 0 fully saturated rings. The fourth-order valence-corrected chi connectivity index (χ4v) is 4.56. The van der Waals surface area contributed by atoms with Crippen molar-refractivity contribution < 1.29 is 11.6 Å². The van der Waals surface area contributed by atoms with Gasteiger partial charge in [0.05, 0.1) is 30.3 Å². The molecule has 4 rings (SSSR count). The minimum absolute atomic E-state index is 0.0552. The fourth-order valence-electron chi connectivity index (χ4n) is 4.39. The summed E-state index contributed by atoms with van der Waals surface area (Å²) < 4.78 is 42.5. The number of hydrogen-bond acceptors (Lipinski definition) is 4. The van der Waals surface area contributed by atoms with Gasteiger partial charge in [-0.2, -0.15) is 0 Å². The van der Waals surface area contributed by atoms with Gasteiger partial charge in [0.2, 0.25) is 0 Å². The lowest BCUT2D eigenvalue weighted by molar-refractivity contribution is 0.0602. The first kappa shape index (κ1) is 20.6. The van der Waals surface area contributed by atoms with Crippen LogP contribution in [0.3, 0.4) is 0 Å². The number of rotatable bonds is 9. The van der Waals surface area contributed by atoms with Crippen LogP contribution in [0.5, 0.6) is 0 Å². The van der Waals surface area contributed by atoms with E-state index in [0.29, 0.717) is 29.1 Å². The predicted octanol–water partition coefficient (Wildman–Crippen LogP) is 5.59. The van der Waals surface area contributed by atoms with Crippen molar-refractivity contribution in [3.8, 4) is 0 Å². The average Bonchev–Trinajstić information content (AvgIpc) is 2.96. The second-order valence-corrected chi connectivity index (χ2v) is 9.76. The van der Waals surface area contributed by atoms with E-state index in [1.165, 1.54) is 4.57 Å². The van der Waals surface area contributed by atoms with Crippen LogP contribution in [0, 0.1) is 12.8 Å². The number of aryl methyl sites for hydroxylation is 1. The van der Waals surface area contributed by atoms with Gasteiger partial charge < -0.3 is 10.6 Å². The number of carbonyl (C=O) groups is 1. The van der Waals surface area contributed by atoms with Crippen LogP contribution in [-0.4, -0.2) is 33.4 Å². The molecule has 0 saturated carbocycles. The van der Waals surface area contributed by atoms with Crippen molar-refractivity contribution in [1.29, 1.82) is 0 Å². The van der Waals surface area contributed by atoms with E-state index in [1.54, 1.807) is 35.2 Å². The number of carbonyl (C=O) groups excluding carboxylic acids is 1. The zero-order chi connectivity index (χ0) is 30.9. The molecular weight excluding hydrogens is 484 g/mol. The Morgan fingerprint density at radius 3 is 2.49 bits per heavy atom. The summed E-state index contributed by atoms with van der Waals surface area (Å²) in [5, 5.41) is 0.622. The zero-order valence-corrected chi connectivity index (χ0v) is 21.9. The first-order valence-corrected chi connectivity index (χ1v) is 12.6. The zero-order valence-electron chi connectivity index (χ0n) is 26.1. The molecule has 1 heterocycles. The molecule has 37 heavy (non-hydrogen) atoms. The van der Waals surface area contributed by atoms with Crippen molar-refractivity contribution in [2.24, 2.45) is 11.7 Å². The molecule has 0 aliphatic rings. The van der Waals surface area contributed by atoms with E-state index in [2.05, 4.69) is 0 Å². The van der Waals surface area contributed by atoms with Gasteiger partial charge in [0.15, 0.2) is 0 Å². The fraction of sp³-hybridized carbons (Fsp3) is 0.300. The van der Waals surface area contributed by atoms with E-state index in [0.717, 1.165) is 5.56 Å². The molecule has 0 aliphatic carbocycles. The molecule has 0 saturated heterocycles. The van der Waals surface area contributed by atoms with E-state index < -0.39 is 41.8 Å². The maximum atomic E-state index is 14.1. The highest BCUT2D eigenvalue weighted by atomic mass is 35.5. The van der Waals surface area contributed by atoms with Crippen molar-refractivity contribution in [1.82, 2.24) is 14.5 Å². The van der Waals surface area contributed by atoms with Crippen molar-refractivity contribution >= 4 is 28.4 Å². The Morgan fingerprint density at radius 1 is 1.14 bits per heavy atom. The minimum atomic E-state index is -0.730. The lowest BCUT2D eigenvalue weighted by Crippen LogP contribution is -2.42. The van der Waals surface area contributed by atoms with E-state index >= 15 is 0 Å². The summed E-state index contributed by atoms with van der Waals surface area (Å²) in [5.41, 5.74) is 7.11. The number of nitrogens with zero attached hydrogens (tertiary/aromatic N) is 3. The molecule has 0 bridgehead atoms. The number of fused-ring (bicyclic) bond motifs is 1. The second-order valence-electron chi connectivity index (χ2n) is 9.32. The third-order valence-electron chi connectivity index (χ3n) is 6.21. The van der Waals surface area contributed by atoms with Crippen molar-refractivity contribution in [3.63, 3.8) is 0 Å². The number of aromatic nitrogens is 2. The van der Waals surface area contributed by atoms with Gasteiger partial charge >= 0.3 is 0 Å². The molecule has 0 aliphatic heterocycles. The van der Waals surface area contributed by atoms with Gasteiger partial charge in [0.1, 0.15) is 5.82 Å². The standard InChI is InChI=1S/C30H33ClN4O2/c1-20(2)27(34(17-7-16-32)29(36)23-12-10-21(3)11-13-23)28-33-26-18-24(31)14-15-25(26)30(37)35(28)19-22-8-5-4-6-9-22/h4-6,8-15,18,20,27H,7,16-17,19,32H2,1-3H3/t27-/m1/s1/i4D,5D,6D,8D,9D. The highest BCUT2D eigenvalue weighted by Crippen LogP contribution is 2.30. The molecule has 4 aromatic rings. The molecule has 0 radical (unpaired) electrons. The molecule has 0 spiro atoms. The molecule has 1 atom stereocenters. The van der Waals surface area contributed by atoms with Crippen molar-refractivity contribution in [3.05, 3.63) is 111 Å². The van der Waals surface area contributed by atoms with E-state index in [4.69, 9.17) is 29.2 Å². The van der Waals surface area contributed by atoms with Crippen LogP contribution in [0.15, 0.2) is 77.5 Å². The lowest BCUT2D eigenvalue weighted by atomic mass is 9.98. The summed E-state index contributed by atoms with van der Waals surface area (Å²) in [6, 6.07) is 8.80. The highest BCUT2D eigenvalue weighted by molar-refractivity contribution is 6.31. The van der Waals surface area contributed by atoms with Crippen LogP contribution in [-0.2, 0) is 6.54 Å². The Balaban J connectivity index is 2.01. The Kier molecular flexibility index (Phi) is 6.51. The number of hydrogen-bond donors (Lipinski definition) is 1. The van der Waals surface area contributed by atoms with Gasteiger partial charge in [-0.3, -0.25) is 14.2 Å². The lowest BCUT2D eigenvalue weighted by Gasteiger charge is -2.35. The maximum Gasteiger partial charge on any atom is 0.261 e. The highest BCUT2D eigenvalue weighted by Gasteiger charge is 2.32. The number of benzene rings is 3. The summed E-state index contributed by atoms with van der Waals surface area (Å²) >= 11 is 6.26. The van der Waals surface area contributed by atoms with Crippen LogP contribution >= 0.6 is 11.6 Å².